The summed E-state index contributed by atoms with van der Waals surface area (Å²) in [7, 11) is 1.82. The van der Waals surface area contributed by atoms with Crippen molar-refractivity contribution in [3.8, 4) is 0 Å². The molecule has 0 atom stereocenters. The van der Waals surface area contributed by atoms with Crippen molar-refractivity contribution in [1.82, 2.24) is 10.2 Å². The van der Waals surface area contributed by atoms with Crippen LogP contribution in [0, 0.1) is 6.92 Å². The molecule has 11 heavy (non-hydrogen) atoms. The van der Waals surface area contributed by atoms with Crippen LogP contribution in [0.5, 0.6) is 0 Å². The maximum Gasteiger partial charge on any atom is 0.148 e. The number of hydrogen-bond acceptors (Lipinski definition) is 3. The molecule has 0 spiro atoms. The molecule has 1 heterocycles. The van der Waals surface area contributed by atoms with Gasteiger partial charge in [-0.1, -0.05) is 13.8 Å². The maximum atomic E-state index is 3.80. The Morgan fingerprint density at radius 1 is 1.36 bits per heavy atom. The van der Waals surface area contributed by atoms with E-state index < -0.39 is 0 Å². The summed E-state index contributed by atoms with van der Waals surface area (Å²) in [6.07, 6.45) is 1.72. The van der Waals surface area contributed by atoms with E-state index in [4.69, 9.17) is 0 Å². The van der Waals surface area contributed by atoms with Crippen LogP contribution in [0.15, 0.2) is 12.3 Å². The van der Waals surface area contributed by atoms with Gasteiger partial charge in [-0.2, -0.15) is 5.10 Å². The first-order valence-corrected chi connectivity index (χ1v) is 3.80. The monoisotopic (exact) mass is 153 g/mol. The molecule has 0 saturated carbocycles. The van der Waals surface area contributed by atoms with Gasteiger partial charge in [-0.3, -0.25) is 0 Å². The largest absolute Gasteiger partial charge is 0.372 e. The summed E-state index contributed by atoms with van der Waals surface area (Å²) in [6, 6.07) is 1.94. The first-order chi connectivity index (χ1) is 5.33. The average Bonchev–Trinajstić information content (AvgIpc) is 2.08. The van der Waals surface area contributed by atoms with Gasteiger partial charge in [0.1, 0.15) is 5.82 Å². The summed E-state index contributed by atoms with van der Waals surface area (Å²) in [6.45, 7) is 5.98. The summed E-state index contributed by atoms with van der Waals surface area (Å²) >= 11 is 0. The Bertz CT molecular complexity index is 198. The number of anilines is 1. The Kier molecular flexibility index (Phi) is 5.07. The fourth-order valence-corrected chi connectivity index (χ4v) is 0.586. The van der Waals surface area contributed by atoms with Crippen LogP contribution < -0.4 is 5.32 Å². The fourth-order valence-electron chi connectivity index (χ4n) is 0.586. The third-order valence-corrected chi connectivity index (χ3v) is 1.05. The van der Waals surface area contributed by atoms with Crippen LogP contribution in [-0.4, -0.2) is 17.2 Å². The second kappa shape index (κ2) is 5.65. The summed E-state index contributed by atoms with van der Waals surface area (Å²) in [4.78, 5) is 0. The van der Waals surface area contributed by atoms with Gasteiger partial charge >= 0.3 is 0 Å². The van der Waals surface area contributed by atoms with Crippen LogP contribution in [0.4, 0.5) is 5.82 Å². The van der Waals surface area contributed by atoms with E-state index in [0.717, 1.165) is 11.4 Å². The van der Waals surface area contributed by atoms with Gasteiger partial charge in [0.25, 0.3) is 0 Å². The highest BCUT2D eigenvalue weighted by Gasteiger charge is 1.87. The van der Waals surface area contributed by atoms with E-state index in [1.165, 1.54) is 0 Å². The molecule has 1 N–H and O–H groups in total. The van der Waals surface area contributed by atoms with Crippen molar-refractivity contribution in [1.29, 1.82) is 0 Å². The summed E-state index contributed by atoms with van der Waals surface area (Å²) in [5, 5.41) is 10.4. The van der Waals surface area contributed by atoms with Crippen molar-refractivity contribution >= 4 is 5.82 Å². The lowest BCUT2D eigenvalue weighted by Gasteiger charge is -1.95. The van der Waals surface area contributed by atoms with Crippen molar-refractivity contribution in [2.75, 3.05) is 12.4 Å². The average molecular weight is 153 g/mol. The van der Waals surface area contributed by atoms with Crippen molar-refractivity contribution < 1.29 is 0 Å². The van der Waals surface area contributed by atoms with Crippen molar-refractivity contribution in [2.24, 2.45) is 0 Å². The molecule has 0 unspecified atom stereocenters. The van der Waals surface area contributed by atoms with Crippen LogP contribution in [0.25, 0.3) is 0 Å². The number of nitrogens with one attached hydrogen (secondary N) is 1. The standard InChI is InChI=1S/C6H9N3.C2H6/c1-5-3-6(7-2)9-8-4-5;1-2/h3-4H,1-2H3,(H,7,9);1-2H3. The summed E-state index contributed by atoms with van der Waals surface area (Å²) in [5.41, 5.74) is 1.12. The van der Waals surface area contributed by atoms with Gasteiger partial charge in [0, 0.05) is 7.05 Å². The Hall–Kier alpha value is -1.12. The minimum atomic E-state index is 0.815. The Morgan fingerprint density at radius 3 is 2.36 bits per heavy atom. The molecule has 1 rings (SSSR count). The molecular weight excluding hydrogens is 138 g/mol. The predicted molar refractivity (Wildman–Crippen MR) is 47.7 cm³/mol. The highest BCUT2D eigenvalue weighted by atomic mass is 15.2. The van der Waals surface area contributed by atoms with Crippen molar-refractivity contribution in [3.63, 3.8) is 0 Å². The highest BCUT2D eigenvalue weighted by Crippen LogP contribution is 2.00. The molecule has 0 fully saturated rings. The molecule has 3 heteroatoms. The molecule has 0 saturated heterocycles. The molecular formula is C8H15N3. The molecule has 0 aliphatic carbocycles. The molecule has 0 aromatic carbocycles. The molecule has 1 aromatic rings. The molecule has 0 radical (unpaired) electrons. The van der Waals surface area contributed by atoms with Gasteiger partial charge in [0.2, 0.25) is 0 Å². The quantitative estimate of drug-likeness (QED) is 0.669. The third kappa shape index (κ3) is 3.55. The molecule has 0 aliphatic heterocycles. The fraction of sp³-hybridized carbons (Fsp3) is 0.500. The number of nitrogens with zero attached hydrogens (tertiary/aromatic N) is 2. The van der Waals surface area contributed by atoms with Gasteiger partial charge in [-0.15, -0.1) is 5.10 Å². The Balaban J connectivity index is 0.000000461. The smallest absolute Gasteiger partial charge is 0.148 e. The SMILES string of the molecule is CC.CNc1cc(C)cnn1. The van der Waals surface area contributed by atoms with E-state index in [1.54, 1.807) is 6.20 Å². The normalized spacial score (nSPS) is 8.00. The van der Waals surface area contributed by atoms with Crippen LogP contribution in [0.2, 0.25) is 0 Å². The molecule has 0 amide bonds. The molecule has 62 valence electrons. The second-order valence-corrected chi connectivity index (χ2v) is 1.87. The number of rotatable bonds is 1. The highest BCUT2D eigenvalue weighted by molar-refractivity contribution is 5.33. The minimum Gasteiger partial charge on any atom is -0.372 e. The van der Waals surface area contributed by atoms with E-state index in [0.29, 0.717) is 0 Å². The van der Waals surface area contributed by atoms with E-state index in [-0.39, 0.29) is 0 Å². The molecule has 3 nitrogen and oxygen atoms in total. The van der Waals surface area contributed by atoms with Gasteiger partial charge in [-0.05, 0) is 18.6 Å². The van der Waals surface area contributed by atoms with Gasteiger partial charge in [-0.25, -0.2) is 0 Å². The second-order valence-electron chi connectivity index (χ2n) is 1.87. The first-order valence-electron chi connectivity index (χ1n) is 3.80. The van der Waals surface area contributed by atoms with E-state index in [9.17, 15) is 0 Å². The Labute approximate surface area is 67.9 Å². The van der Waals surface area contributed by atoms with Crippen molar-refractivity contribution in [2.45, 2.75) is 20.8 Å². The predicted octanol–water partition coefficient (Wildman–Crippen LogP) is 1.85. The zero-order valence-electron chi connectivity index (χ0n) is 7.55. The number of aryl methyl sites for hydroxylation is 1. The zero-order chi connectivity index (χ0) is 8.69. The molecule has 0 bridgehead atoms. The van der Waals surface area contributed by atoms with Crippen LogP contribution in [0.3, 0.4) is 0 Å². The zero-order valence-corrected chi connectivity index (χ0v) is 7.55. The number of hydrogen-bond donors (Lipinski definition) is 1. The molecule has 1 aromatic heterocycles. The number of aromatic nitrogens is 2. The lowest BCUT2D eigenvalue weighted by molar-refractivity contribution is 1.02. The minimum absolute atomic E-state index is 0.815. The van der Waals surface area contributed by atoms with Crippen molar-refractivity contribution in [3.05, 3.63) is 17.8 Å². The van der Waals surface area contributed by atoms with E-state index >= 15 is 0 Å². The van der Waals surface area contributed by atoms with Crippen LogP contribution in [-0.2, 0) is 0 Å². The van der Waals surface area contributed by atoms with Gasteiger partial charge < -0.3 is 5.32 Å². The van der Waals surface area contributed by atoms with E-state index in [2.05, 4.69) is 15.5 Å². The van der Waals surface area contributed by atoms with Crippen LogP contribution >= 0.6 is 0 Å². The first kappa shape index (κ1) is 9.88. The topological polar surface area (TPSA) is 37.8 Å². The van der Waals surface area contributed by atoms with Gasteiger partial charge in [0.15, 0.2) is 0 Å². The lowest BCUT2D eigenvalue weighted by atomic mass is 10.3. The van der Waals surface area contributed by atoms with Gasteiger partial charge in [0.05, 0.1) is 6.20 Å². The van der Waals surface area contributed by atoms with E-state index in [1.807, 2.05) is 33.9 Å². The summed E-state index contributed by atoms with van der Waals surface area (Å²) < 4.78 is 0. The van der Waals surface area contributed by atoms with Crippen LogP contribution in [0.1, 0.15) is 19.4 Å². The lowest BCUT2D eigenvalue weighted by Crippen LogP contribution is -1.93. The Morgan fingerprint density at radius 2 is 2.00 bits per heavy atom. The maximum absolute atomic E-state index is 3.80. The molecule has 0 aliphatic rings. The third-order valence-electron chi connectivity index (χ3n) is 1.05. The summed E-state index contributed by atoms with van der Waals surface area (Å²) in [5.74, 6) is 0.815.